The van der Waals surface area contributed by atoms with Gasteiger partial charge in [-0.15, -0.1) is 11.3 Å². The highest BCUT2D eigenvalue weighted by atomic mass is 35.5. The average molecular weight is 418 g/mol. The lowest BCUT2D eigenvalue weighted by Gasteiger charge is -2.27. The molecule has 1 aromatic heterocycles. The molecule has 5 nitrogen and oxygen atoms in total. The van der Waals surface area contributed by atoms with Crippen molar-refractivity contribution in [2.24, 2.45) is 17.6 Å². The highest BCUT2D eigenvalue weighted by molar-refractivity contribution is 7.12. The minimum absolute atomic E-state index is 0.0340. The number of carbonyl (C=O) groups excluding carboxylic acids is 2. The number of nitrogens with two attached hydrogens (primary N) is 1. The van der Waals surface area contributed by atoms with Gasteiger partial charge in [-0.2, -0.15) is 0 Å². The number of amides is 2. The van der Waals surface area contributed by atoms with Crippen LogP contribution in [0.15, 0.2) is 41.8 Å². The second-order valence-corrected chi connectivity index (χ2v) is 8.99. The van der Waals surface area contributed by atoms with Crippen LogP contribution in [-0.4, -0.2) is 53.8 Å². The summed E-state index contributed by atoms with van der Waals surface area (Å²) in [6.45, 7) is 2.90. The third kappa shape index (κ3) is 3.81. The van der Waals surface area contributed by atoms with Crippen LogP contribution in [0, 0.1) is 11.8 Å². The summed E-state index contributed by atoms with van der Waals surface area (Å²) >= 11 is 7.49. The number of halogens is 1. The van der Waals surface area contributed by atoms with E-state index in [9.17, 15) is 9.59 Å². The highest BCUT2D eigenvalue weighted by Crippen LogP contribution is 2.37. The van der Waals surface area contributed by atoms with E-state index in [1.807, 2.05) is 28.5 Å². The number of nitrogens with zero attached hydrogens (tertiary/aromatic N) is 2. The fraction of sp³-hybridized carbons (Fsp3) is 0.429. The Labute approximate surface area is 174 Å². The van der Waals surface area contributed by atoms with Gasteiger partial charge in [-0.05, 0) is 42.3 Å². The summed E-state index contributed by atoms with van der Waals surface area (Å²) in [6.07, 6.45) is 1.97. The summed E-state index contributed by atoms with van der Waals surface area (Å²) in [5.41, 5.74) is 7.07. The highest BCUT2D eigenvalue weighted by Gasteiger charge is 2.50. The SMILES string of the molecule is NC(=O)C1[C@@H]2CN(C(=O)c3sccc3Cl)CC2CN1CCCc1ccccc1. The van der Waals surface area contributed by atoms with Crippen molar-refractivity contribution in [1.82, 2.24) is 9.80 Å². The fourth-order valence-electron chi connectivity index (χ4n) is 4.64. The van der Waals surface area contributed by atoms with Gasteiger partial charge in [-0.1, -0.05) is 41.9 Å². The third-order valence-electron chi connectivity index (χ3n) is 5.90. The number of thiophene rings is 1. The molecule has 2 aliphatic rings. The second-order valence-electron chi connectivity index (χ2n) is 7.66. The number of hydrogen-bond donors (Lipinski definition) is 1. The Morgan fingerprint density at radius 2 is 1.93 bits per heavy atom. The van der Waals surface area contributed by atoms with Crippen molar-refractivity contribution in [3.63, 3.8) is 0 Å². The van der Waals surface area contributed by atoms with E-state index in [0.29, 0.717) is 23.0 Å². The summed E-state index contributed by atoms with van der Waals surface area (Å²) in [6, 6.07) is 11.8. The molecule has 28 heavy (non-hydrogen) atoms. The molecular formula is C21H24ClN3O2S. The number of fused-ring (bicyclic) bond motifs is 1. The monoisotopic (exact) mass is 417 g/mol. The molecule has 0 spiro atoms. The Kier molecular flexibility index (Phi) is 5.71. The van der Waals surface area contributed by atoms with Crippen molar-refractivity contribution in [3.8, 4) is 0 Å². The van der Waals surface area contributed by atoms with Crippen molar-refractivity contribution >= 4 is 34.8 Å². The average Bonchev–Trinajstić information content (AvgIpc) is 3.35. The molecule has 0 aliphatic carbocycles. The van der Waals surface area contributed by atoms with Crippen LogP contribution in [0.1, 0.15) is 21.7 Å². The van der Waals surface area contributed by atoms with E-state index in [0.717, 1.165) is 25.9 Å². The van der Waals surface area contributed by atoms with E-state index < -0.39 is 0 Å². The maximum Gasteiger partial charge on any atom is 0.265 e. The van der Waals surface area contributed by atoms with Gasteiger partial charge >= 0.3 is 0 Å². The quantitative estimate of drug-likeness (QED) is 0.785. The van der Waals surface area contributed by atoms with Gasteiger partial charge in [-0.3, -0.25) is 14.5 Å². The van der Waals surface area contributed by atoms with Crippen LogP contribution in [0.2, 0.25) is 5.02 Å². The molecule has 3 heterocycles. The Hall–Kier alpha value is -1.89. The Bertz CT molecular complexity index is 856. The van der Waals surface area contributed by atoms with Crippen molar-refractivity contribution in [2.75, 3.05) is 26.2 Å². The first kappa shape index (κ1) is 19.4. The largest absolute Gasteiger partial charge is 0.368 e. The van der Waals surface area contributed by atoms with Crippen molar-refractivity contribution in [2.45, 2.75) is 18.9 Å². The summed E-state index contributed by atoms with van der Waals surface area (Å²) < 4.78 is 0. The van der Waals surface area contributed by atoms with Gasteiger partial charge in [0, 0.05) is 25.6 Å². The van der Waals surface area contributed by atoms with Crippen molar-refractivity contribution in [3.05, 3.63) is 57.2 Å². The van der Waals surface area contributed by atoms with Gasteiger partial charge in [0.1, 0.15) is 4.88 Å². The third-order valence-corrected chi connectivity index (χ3v) is 7.23. The molecule has 148 valence electrons. The van der Waals surface area contributed by atoms with Gasteiger partial charge in [0.25, 0.3) is 5.91 Å². The first-order valence-corrected chi connectivity index (χ1v) is 10.9. The van der Waals surface area contributed by atoms with E-state index in [4.69, 9.17) is 17.3 Å². The number of primary amides is 1. The lowest BCUT2D eigenvalue weighted by Crippen LogP contribution is -2.46. The molecule has 2 N–H and O–H groups in total. The molecule has 7 heteroatoms. The van der Waals surface area contributed by atoms with Crippen molar-refractivity contribution < 1.29 is 9.59 Å². The number of hydrogen-bond acceptors (Lipinski definition) is 4. The van der Waals surface area contributed by atoms with Crippen LogP contribution in [0.3, 0.4) is 0 Å². The first-order valence-electron chi connectivity index (χ1n) is 9.64. The van der Waals surface area contributed by atoms with Gasteiger partial charge in [0.05, 0.1) is 11.1 Å². The first-order chi connectivity index (χ1) is 13.5. The molecule has 3 atom stereocenters. The van der Waals surface area contributed by atoms with Crippen LogP contribution >= 0.6 is 22.9 Å². The summed E-state index contributed by atoms with van der Waals surface area (Å²) in [7, 11) is 0. The van der Waals surface area contributed by atoms with Gasteiger partial charge in [0.2, 0.25) is 5.91 Å². The number of carbonyl (C=O) groups is 2. The molecule has 2 fully saturated rings. The molecule has 4 rings (SSSR count). The van der Waals surface area contributed by atoms with Crippen LogP contribution in [0.4, 0.5) is 0 Å². The number of rotatable bonds is 6. The van der Waals surface area contributed by atoms with E-state index in [1.165, 1.54) is 16.9 Å². The summed E-state index contributed by atoms with van der Waals surface area (Å²) in [5.74, 6) is 0.0812. The zero-order valence-electron chi connectivity index (χ0n) is 15.6. The molecule has 0 saturated carbocycles. The molecule has 0 bridgehead atoms. The molecule has 0 radical (unpaired) electrons. The normalized spacial score (nSPS) is 24.5. The molecular weight excluding hydrogens is 394 g/mol. The second kappa shape index (κ2) is 8.23. The molecule has 2 unspecified atom stereocenters. The smallest absolute Gasteiger partial charge is 0.265 e. The van der Waals surface area contributed by atoms with Gasteiger partial charge in [-0.25, -0.2) is 0 Å². The maximum absolute atomic E-state index is 12.8. The Morgan fingerprint density at radius 3 is 2.61 bits per heavy atom. The zero-order valence-corrected chi connectivity index (χ0v) is 17.2. The minimum Gasteiger partial charge on any atom is -0.368 e. The number of likely N-dealkylation sites (tertiary alicyclic amines) is 2. The number of benzene rings is 1. The predicted octanol–water partition coefficient (Wildman–Crippen LogP) is 2.89. The van der Waals surface area contributed by atoms with Gasteiger partial charge in [0.15, 0.2) is 0 Å². The van der Waals surface area contributed by atoms with Crippen LogP contribution in [-0.2, 0) is 11.2 Å². The van der Waals surface area contributed by atoms with Crippen LogP contribution in [0.5, 0.6) is 0 Å². The van der Waals surface area contributed by atoms with Crippen LogP contribution in [0.25, 0.3) is 0 Å². The van der Waals surface area contributed by atoms with Crippen LogP contribution < -0.4 is 5.73 Å². The van der Waals surface area contributed by atoms with E-state index in [-0.39, 0.29) is 29.7 Å². The Balaban J connectivity index is 1.38. The van der Waals surface area contributed by atoms with E-state index >= 15 is 0 Å². The number of aryl methyl sites for hydroxylation is 1. The van der Waals surface area contributed by atoms with E-state index in [2.05, 4.69) is 17.0 Å². The lowest BCUT2D eigenvalue weighted by atomic mass is 9.94. The maximum atomic E-state index is 12.8. The summed E-state index contributed by atoms with van der Waals surface area (Å²) in [4.78, 5) is 29.6. The predicted molar refractivity (Wildman–Crippen MR) is 112 cm³/mol. The lowest BCUT2D eigenvalue weighted by molar-refractivity contribution is -0.123. The molecule has 2 amide bonds. The van der Waals surface area contributed by atoms with E-state index in [1.54, 1.807) is 6.07 Å². The minimum atomic E-state index is -0.294. The topological polar surface area (TPSA) is 66.6 Å². The zero-order chi connectivity index (χ0) is 19.7. The molecule has 2 aliphatic heterocycles. The van der Waals surface area contributed by atoms with Gasteiger partial charge < -0.3 is 10.6 Å². The Morgan fingerprint density at radius 1 is 1.14 bits per heavy atom. The van der Waals surface area contributed by atoms with Crippen molar-refractivity contribution in [1.29, 1.82) is 0 Å². The fourth-order valence-corrected chi connectivity index (χ4v) is 5.74. The molecule has 1 aromatic carbocycles. The standard InChI is InChI=1S/C21H24ClN3O2S/c22-17-8-10-28-19(17)21(27)25-12-15-11-24(18(20(23)26)16(15)13-25)9-4-7-14-5-2-1-3-6-14/h1-3,5-6,8,10,15-16,18H,4,7,9,11-13H2,(H2,23,26)/t15?,16-,18?/m1/s1. The molecule has 2 aromatic rings. The summed E-state index contributed by atoms with van der Waals surface area (Å²) in [5, 5.41) is 2.33. The molecule has 2 saturated heterocycles.